The third kappa shape index (κ3) is 3.74. The molecule has 22 heavy (non-hydrogen) atoms. The number of amides is 2. The predicted octanol–water partition coefficient (Wildman–Crippen LogP) is 2.96. The van der Waals surface area contributed by atoms with E-state index in [1.165, 1.54) is 24.2 Å². The van der Waals surface area contributed by atoms with Gasteiger partial charge in [-0.15, -0.1) is 17.0 Å². The molecule has 0 N–H and O–H groups in total. The van der Waals surface area contributed by atoms with E-state index >= 15 is 0 Å². The first-order valence-electron chi connectivity index (χ1n) is 8.09. The Bertz CT molecular complexity index is 463. The smallest absolute Gasteiger partial charge is 0.233 e. The van der Waals surface area contributed by atoms with Gasteiger partial charge in [0, 0.05) is 11.6 Å². The molecule has 124 valence electrons. The molecule has 0 radical (unpaired) electrons. The van der Waals surface area contributed by atoms with Crippen LogP contribution in [0.2, 0.25) is 0 Å². The zero-order valence-corrected chi connectivity index (χ0v) is 15.3. The summed E-state index contributed by atoms with van der Waals surface area (Å²) >= 11 is 6.02. The quantitative estimate of drug-likeness (QED) is 0.692. The van der Waals surface area contributed by atoms with Crippen LogP contribution < -0.4 is 0 Å². The van der Waals surface area contributed by atoms with Crippen LogP contribution in [-0.2, 0) is 9.59 Å². The molecule has 2 fully saturated rings. The van der Waals surface area contributed by atoms with Gasteiger partial charge in [-0.25, -0.2) is 0 Å². The van der Waals surface area contributed by atoms with E-state index < -0.39 is 0 Å². The van der Waals surface area contributed by atoms with Gasteiger partial charge in [0.1, 0.15) is 0 Å². The molecule has 3 rings (SSSR count). The number of nitrogens with zero attached hydrogens (tertiary/aromatic N) is 2. The average molecular weight is 392 g/mol. The van der Waals surface area contributed by atoms with E-state index in [9.17, 15) is 9.59 Å². The van der Waals surface area contributed by atoms with Crippen molar-refractivity contribution in [2.24, 2.45) is 11.8 Å². The van der Waals surface area contributed by atoms with Crippen molar-refractivity contribution < 1.29 is 9.59 Å². The van der Waals surface area contributed by atoms with Gasteiger partial charge in [0.25, 0.3) is 0 Å². The number of allylic oxidation sites excluding steroid dienone is 2. The second-order valence-corrected chi connectivity index (χ2v) is 6.87. The molecule has 0 aromatic carbocycles. The summed E-state index contributed by atoms with van der Waals surface area (Å²) in [7, 11) is 0. The Balaban J connectivity index is 0.00000176. The van der Waals surface area contributed by atoms with Crippen molar-refractivity contribution in [3.63, 3.8) is 0 Å². The molecule has 0 saturated carbocycles. The molecule has 0 aromatic rings. The van der Waals surface area contributed by atoms with Crippen LogP contribution >= 0.6 is 28.6 Å². The van der Waals surface area contributed by atoms with Gasteiger partial charge >= 0.3 is 0 Å². The lowest BCUT2D eigenvalue weighted by molar-refractivity contribution is -0.140. The fourth-order valence-electron chi connectivity index (χ4n) is 3.75. The second-order valence-electron chi connectivity index (χ2n) is 6.39. The monoisotopic (exact) mass is 390 g/mol. The van der Waals surface area contributed by atoms with Gasteiger partial charge in [-0.3, -0.25) is 14.5 Å². The lowest BCUT2D eigenvalue weighted by Crippen LogP contribution is -2.36. The fraction of sp³-hybridized carbons (Fsp3) is 0.750. The summed E-state index contributed by atoms with van der Waals surface area (Å²) in [6.45, 7) is 3.88. The topological polar surface area (TPSA) is 40.6 Å². The van der Waals surface area contributed by atoms with Crippen LogP contribution in [0, 0.1) is 11.8 Å². The Labute approximate surface area is 147 Å². The average Bonchev–Trinajstić information content (AvgIpc) is 2.73. The Morgan fingerprint density at radius 3 is 2.45 bits per heavy atom. The molecule has 2 aliphatic heterocycles. The van der Waals surface area contributed by atoms with E-state index in [4.69, 9.17) is 11.6 Å². The van der Waals surface area contributed by atoms with Gasteiger partial charge in [-0.1, -0.05) is 24.1 Å². The Kier molecular flexibility index (Phi) is 6.47. The van der Waals surface area contributed by atoms with Crippen molar-refractivity contribution in [1.82, 2.24) is 9.80 Å². The summed E-state index contributed by atoms with van der Waals surface area (Å²) in [5.74, 6) is -0.348. The molecule has 0 aromatic heterocycles. The van der Waals surface area contributed by atoms with Crippen molar-refractivity contribution in [1.29, 1.82) is 0 Å². The molecule has 6 heteroatoms. The van der Waals surface area contributed by atoms with Gasteiger partial charge in [0.05, 0.1) is 11.8 Å². The number of halogens is 2. The van der Waals surface area contributed by atoms with Crippen LogP contribution in [0.4, 0.5) is 0 Å². The summed E-state index contributed by atoms with van der Waals surface area (Å²) in [6, 6.07) is 0. The second kappa shape index (κ2) is 7.93. The van der Waals surface area contributed by atoms with Crippen LogP contribution in [0.1, 0.15) is 38.5 Å². The molecular formula is C16H24BrClN2O2. The standard InChI is InChI=1S/C16H23ClN2O2.BrH/c17-12-5-6-13-14(11-12)16(21)19(15(13)20)10-4-9-18-7-2-1-3-8-18;/h5,13-14H,1-4,6-11H2;1H. The maximum atomic E-state index is 12.4. The highest BCUT2D eigenvalue weighted by Crippen LogP contribution is 2.38. The minimum atomic E-state index is -0.204. The molecule has 0 bridgehead atoms. The summed E-state index contributed by atoms with van der Waals surface area (Å²) in [4.78, 5) is 28.7. The number of likely N-dealkylation sites (tertiary alicyclic amines) is 2. The van der Waals surface area contributed by atoms with Crippen molar-refractivity contribution in [3.8, 4) is 0 Å². The van der Waals surface area contributed by atoms with E-state index in [-0.39, 0.29) is 40.6 Å². The highest BCUT2D eigenvalue weighted by atomic mass is 79.9. The first-order chi connectivity index (χ1) is 10.2. The lowest BCUT2D eigenvalue weighted by Gasteiger charge is -2.27. The van der Waals surface area contributed by atoms with E-state index in [0.29, 0.717) is 19.4 Å². The lowest BCUT2D eigenvalue weighted by atomic mass is 9.85. The molecule has 1 aliphatic carbocycles. The molecule has 2 atom stereocenters. The molecular weight excluding hydrogens is 368 g/mol. The molecule has 3 aliphatic rings. The maximum Gasteiger partial charge on any atom is 0.233 e. The first kappa shape index (κ1) is 18.0. The Morgan fingerprint density at radius 2 is 1.73 bits per heavy atom. The number of imide groups is 1. The molecule has 2 saturated heterocycles. The molecule has 2 unspecified atom stereocenters. The van der Waals surface area contributed by atoms with Gasteiger partial charge in [0.2, 0.25) is 11.8 Å². The van der Waals surface area contributed by atoms with Crippen LogP contribution in [0.3, 0.4) is 0 Å². The normalized spacial score (nSPS) is 29.1. The van der Waals surface area contributed by atoms with Crippen molar-refractivity contribution in [2.75, 3.05) is 26.2 Å². The van der Waals surface area contributed by atoms with E-state index in [2.05, 4.69) is 4.90 Å². The molecule has 2 heterocycles. The van der Waals surface area contributed by atoms with Crippen LogP contribution in [0.5, 0.6) is 0 Å². The van der Waals surface area contributed by atoms with E-state index in [1.807, 2.05) is 6.08 Å². The van der Waals surface area contributed by atoms with Crippen LogP contribution in [-0.4, -0.2) is 47.8 Å². The Hall–Kier alpha value is -0.390. The molecule has 4 nitrogen and oxygen atoms in total. The van der Waals surface area contributed by atoms with Crippen LogP contribution in [0.25, 0.3) is 0 Å². The molecule has 0 spiro atoms. The molecule has 2 amide bonds. The third-order valence-electron chi connectivity index (χ3n) is 4.97. The predicted molar refractivity (Wildman–Crippen MR) is 92.1 cm³/mol. The minimum Gasteiger partial charge on any atom is -0.303 e. The number of rotatable bonds is 4. The number of piperidine rings is 1. The fourth-order valence-corrected chi connectivity index (χ4v) is 4.01. The maximum absolute atomic E-state index is 12.4. The van der Waals surface area contributed by atoms with Gasteiger partial charge in [0.15, 0.2) is 0 Å². The number of carbonyl (C=O) groups excluding carboxylic acids is 2. The summed E-state index contributed by atoms with van der Waals surface area (Å²) < 4.78 is 0. The largest absolute Gasteiger partial charge is 0.303 e. The highest BCUT2D eigenvalue weighted by Gasteiger charge is 2.47. The van der Waals surface area contributed by atoms with Crippen LogP contribution in [0.15, 0.2) is 11.1 Å². The summed E-state index contributed by atoms with van der Waals surface area (Å²) in [5.41, 5.74) is 0. The zero-order valence-electron chi connectivity index (χ0n) is 12.8. The van der Waals surface area contributed by atoms with E-state index in [0.717, 1.165) is 31.1 Å². The third-order valence-corrected chi connectivity index (χ3v) is 5.27. The number of fused-ring (bicyclic) bond motifs is 1. The van der Waals surface area contributed by atoms with Crippen molar-refractivity contribution in [3.05, 3.63) is 11.1 Å². The first-order valence-corrected chi connectivity index (χ1v) is 8.46. The minimum absolute atomic E-state index is 0. The summed E-state index contributed by atoms with van der Waals surface area (Å²) in [5, 5.41) is 0.729. The van der Waals surface area contributed by atoms with Gasteiger partial charge in [-0.2, -0.15) is 0 Å². The van der Waals surface area contributed by atoms with Crippen molar-refractivity contribution in [2.45, 2.75) is 38.5 Å². The highest BCUT2D eigenvalue weighted by molar-refractivity contribution is 8.93. The summed E-state index contributed by atoms with van der Waals surface area (Å²) in [6.07, 6.45) is 7.82. The van der Waals surface area contributed by atoms with Gasteiger partial charge < -0.3 is 4.90 Å². The van der Waals surface area contributed by atoms with Crippen molar-refractivity contribution >= 4 is 40.4 Å². The SMILES string of the molecule is Br.O=C1C2CC=C(Cl)CC2C(=O)N1CCCN1CCCCC1. The number of hydrogen-bond donors (Lipinski definition) is 0. The zero-order chi connectivity index (χ0) is 14.8. The Morgan fingerprint density at radius 1 is 1.05 bits per heavy atom. The van der Waals surface area contributed by atoms with E-state index in [1.54, 1.807) is 0 Å². The number of hydrogen-bond acceptors (Lipinski definition) is 3. The number of carbonyl (C=O) groups is 2. The van der Waals surface area contributed by atoms with Gasteiger partial charge in [-0.05, 0) is 51.7 Å².